The number of rotatable bonds is 4. The van der Waals surface area contributed by atoms with Crippen LogP contribution in [-0.4, -0.2) is 7.11 Å². The Kier molecular flexibility index (Phi) is 4.90. The van der Waals surface area contributed by atoms with Gasteiger partial charge in [0.2, 0.25) is 0 Å². The summed E-state index contributed by atoms with van der Waals surface area (Å²) in [6.07, 6.45) is 2.74. The van der Waals surface area contributed by atoms with E-state index in [0.717, 1.165) is 17.7 Å². The van der Waals surface area contributed by atoms with E-state index >= 15 is 0 Å². The normalized spacial score (nSPS) is 10.9. The van der Waals surface area contributed by atoms with Crippen LogP contribution in [0.4, 0.5) is 0 Å². The molecule has 2 aromatic carbocycles. The highest BCUT2D eigenvalue weighted by Crippen LogP contribution is 2.33. The summed E-state index contributed by atoms with van der Waals surface area (Å²) in [4.78, 5) is 0. The number of benzene rings is 2. The number of methoxy groups -OCH3 is 1. The first kappa shape index (κ1) is 16.1. The Hall–Kier alpha value is -2.24. The fraction of sp³-hybridized carbons (Fsp3) is 0.286. The molecule has 0 aliphatic heterocycles. The van der Waals surface area contributed by atoms with Crippen molar-refractivity contribution >= 4 is 6.08 Å². The van der Waals surface area contributed by atoms with Crippen LogP contribution in [-0.2, 0) is 11.8 Å². The van der Waals surface area contributed by atoms with E-state index in [1.54, 1.807) is 7.11 Å². The average molecular weight is 292 g/mol. The second-order valence-corrected chi connectivity index (χ2v) is 6.52. The molecule has 0 saturated heterocycles. The minimum absolute atomic E-state index is 0.0848. The first-order valence-corrected chi connectivity index (χ1v) is 7.57. The van der Waals surface area contributed by atoms with E-state index in [9.17, 15) is 0 Å². The molecule has 0 atom stereocenters. The Morgan fingerprint density at radius 2 is 1.82 bits per heavy atom. The number of ether oxygens (including phenoxy) is 1. The summed E-state index contributed by atoms with van der Waals surface area (Å²) in [7, 11) is 1.72. The summed E-state index contributed by atoms with van der Waals surface area (Å²) in [5, 5.41) is 0. The third-order valence-corrected chi connectivity index (χ3v) is 3.76. The molecule has 0 bridgehead atoms. The topological polar surface area (TPSA) is 9.23 Å². The first-order chi connectivity index (χ1) is 10.5. The van der Waals surface area contributed by atoms with Gasteiger partial charge in [0.05, 0.1) is 7.11 Å². The molecule has 0 spiro atoms. The van der Waals surface area contributed by atoms with Crippen molar-refractivity contribution in [3.8, 4) is 5.75 Å². The van der Waals surface area contributed by atoms with Gasteiger partial charge in [-0.25, -0.2) is 0 Å². The zero-order chi connectivity index (χ0) is 16.2. The molecule has 0 fully saturated rings. The van der Waals surface area contributed by atoms with Gasteiger partial charge >= 0.3 is 0 Å². The van der Waals surface area contributed by atoms with Gasteiger partial charge < -0.3 is 4.74 Å². The average Bonchev–Trinajstić information content (AvgIpc) is 2.47. The standard InChI is InChI=1S/C21H24O/c1-6-10-17-14-19(21(2,3)4)15-18(20(17)22-5)13-16-11-8-7-9-12-16/h7-12,14-15H,1,13H2,2-5H3. The molecule has 0 aliphatic carbocycles. The van der Waals surface area contributed by atoms with Gasteiger partial charge in [0.1, 0.15) is 5.75 Å². The maximum atomic E-state index is 5.67. The van der Waals surface area contributed by atoms with E-state index in [0.29, 0.717) is 0 Å². The molecule has 1 heteroatoms. The largest absolute Gasteiger partial charge is 0.496 e. The lowest BCUT2D eigenvalue weighted by Crippen LogP contribution is -2.12. The zero-order valence-electron chi connectivity index (χ0n) is 13.9. The van der Waals surface area contributed by atoms with Crippen LogP contribution < -0.4 is 4.74 Å². The second-order valence-electron chi connectivity index (χ2n) is 6.52. The summed E-state index contributed by atoms with van der Waals surface area (Å²) in [6.45, 7) is 10.4. The van der Waals surface area contributed by atoms with Gasteiger partial charge in [-0.15, -0.1) is 5.73 Å². The molecule has 0 saturated carbocycles. The quantitative estimate of drug-likeness (QED) is 0.687. The molecular formula is C21H24O. The van der Waals surface area contributed by atoms with Crippen molar-refractivity contribution in [1.29, 1.82) is 0 Å². The summed E-state index contributed by atoms with van der Waals surface area (Å²) >= 11 is 0. The van der Waals surface area contributed by atoms with E-state index in [2.05, 4.69) is 69.5 Å². The second kappa shape index (κ2) is 6.68. The van der Waals surface area contributed by atoms with Crippen molar-refractivity contribution in [1.82, 2.24) is 0 Å². The van der Waals surface area contributed by atoms with Crippen LogP contribution in [0.5, 0.6) is 5.75 Å². The SMILES string of the molecule is C=C=Cc1cc(C(C)(C)C)cc(Cc2ccccc2)c1OC. The third kappa shape index (κ3) is 3.69. The smallest absolute Gasteiger partial charge is 0.130 e. The van der Waals surface area contributed by atoms with Crippen molar-refractivity contribution in [2.45, 2.75) is 32.6 Å². The lowest BCUT2D eigenvalue weighted by molar-refractivity contribution is 0.409. The van der Waals surface area contributed by atoms with Crippen LogP contribution in [0.25, 0.3) is 6.08 Å². The predicted octanol–water partition coefficient (Wildman–Crippen LogP) is 5.38. The van der Waals surface area contributed by atoms with E-state index < -0.39 is 0 Å². The van der Waals surface area contributed by atoms with E-state index in [4.69, 9.17) is 4.74 Å². The molecule has 0 N–H and O–H groups in total. The van der Waals surface area contributed by atoms with Crippen molar-refractivity contribution in [2.24, 2.45) is 0 Å². The van der Waals surface area contributed by atoms with E-state index in [-0.39, 0.29) is 5.41 Å². The molecule has 0 heterocycles. The molecule has 0 amide bonds. The Morgan fingerprint density at radius 3 is 2.36 bits per heavy atom. The molecule has 0 aromatic heterocycles. The molecule has 0 aliphatic rings. The highest BCUT2D eigenvalue weighted by atomic mass is 16.5. The molecule has 1 nitrogen and oxygen atoms in total. The maximum absolute atomic E-state index is 5.67. The summed E-state index contributed by atoms with van der Waals surface area (Å²) < 4.78 is 5.67. The molecule has 22 heavy (non-hydrogen) atoms. The molecule has 114 valence electrons. The van der Waals surface area contributed by atoms with Crippen molar-refractivity contribution in [3.63, 3.8) is 0 Å². The van der Waals surface area contributed by atoms with Gasteiger partial charge in [-0.2, -0.15) is 0 Å². The Morgan fingerprint density at radius 1 is 1.14 bits per heavy atom. The van der Waals surface area contributed by atoms with Gasteiger partial charge in [-0.1, -0.05) is 63.7 Å². The Balaban J connectivity index is 2.59. The van der Waals surface area contributed by atoms with Crippen LogP contribution >= 0.6 is 0 Å². The van der Waals surface area contributed by atoms with E-state index in [1.807, 2.05) is 12.1 Å². The van der Waals surface area contributed by atoms with Gasteiger partial charge in [-0.05, 0) is 34.2 Å². The summed E-state index contributed by atoms with van der Waals surface area (Å²) in [6, 6.07) is 14.9. The van der Waals surface area contributed by atoms with Crippen LogP contribution in [0, 0.1) is 0 Å². The van der Waals surface area contributed by atoms with Gasteiger partial charge in [0.25, 0.3) is 0 Å². The number of hydrogen-bond acceptors (Lipinski definition) is 1. The lowest BCUT2D eigenvalue weighted by Gasteiger charge is -2.23. The summed E-state index contributed by atoms with van der Waals surface area (Å²) in [5.74, 6) is 0.910. The highest BCUT2D eigenvalue weighted by molar-refractivity contribution is 5.62. The molecular weight excluding hydrogens is 268 g/mol. The van der Waals surface area contributed by atoms with Crippen molar-refractivity contribution in [2.75, 3.05) is 7.11 Å². The fourth-order valence-electron chi connectivity index (χ4n) is 2.56. The molecule has 2 aromatic rings. The zero-order valence-corrected chi connectivity index (χ0v) is 13.9. The molecule has 0 unspecified atom stereocenters. The van der Waals surface area contributed by atoms with Gasteiger partial charge in [-0.3, -0.25) is 0 Å². The molecule has 0 radical (unpaired) electrons. The van der Waals surface area contributed by atoms with Crippen LogP contribution in [0.1, 0.15) is 43.0 Å². The van der Waals surface area contributed by atoms with Crippen LogP contribution in [0.15, 0.2) is 54.8 Å². The van der Waals surface area contributed by atoms with Crippen LogP contribution in [0.3, 0.4) is 0 Å². The number of hydrogen-bond donors (Lipinski definition) is 0. The Labute approximate surface area is 134 Å². The van der Waals surface area contributed by atoms with Gasteiger partial charge in [0, 0.05) is 12.0 Å². The monoisotopic (exact) mass is 292 g/mol. The van der Waals surface area contributed by atoms with Crippen LogP contribution in [0.2, 0.25) is 0 Å². The minimum Gasteiger partial charge on any atom is -0.496 e. The lowest BCUT2D eigenvalue weighted by atomic mass is 9.84. The molecule has 2 rings (SSSR count). The Bertz CT molecular complexity index is 684. The fourth-order valence-corrected chi connectivity index (χ4v) is 2.56. The first-order valence-electron chi connectivity index (χ1n) is 7.57. The highest BCUT2D eigenvalue weighted by Gasteiger charge is 2.18. The van der Waals surface area contributed by atoms with E-state index in [1.165, 1.54) is 16.7 Å². The van der Waals surface area contributed by atoms with Gasteiger partial charge in [0.15, 0.2) is 0 Å². The third-order valence-electron chi connectivity index (χ3n) is 3.76. The summed E-state index contributed by atoms with van der Waals surface area (Å²) in [5.41, 5.74) is 7.76. The predicted molar refractivity (Wildman–Crippen MR) is 94.5 cm³/mol. The minimum atomic E-state index is 0.0848. The van der Waals surface area contributed by atoms with Crippen molar-refractivity contribution < 1.29 is 4.74 Å². The maximum Gasteiger partial charge on any atom is 0.130 e. The van der Waals surface area contributed by atoms with Crippen molar-refractivity contribution in [3.05, 3.63) is 77.0 Å².